The molecule has 7 heteroatoms. The van der Waals surface area contributed by atoms with Crippen molar-refractivity contribution in [1.29, 1.82) is 0 Å². The largest absolute Gasteiger partial charge is 0.481 e. The summed E-state index contributed by atoms with van der Waals surface area (Å²) >= 11 is 1.71. The molecule has 120 valence electrons. The summed E-state index contributed by atoms with van der Waals surface area (Å²) in [5.41, 5.74) is 0.606. The van der Waals surface area contributed by atoms with Gasteiger partial charge in [0.1, 0.15) is 5.69 Å². The summed E-state index contributed by atoms with van der Waals surface area (Å²) in [6.07, 6.45) is 6.18. The van der Waals surface area contributed by atoms with Crippen molar-refractivity contribution in [2.75, 3.05) is 18.1 Å². The van der Waals surface area contributed by atoms with Crippen LogP contribution in [0.3, 0.4) is 0 Å². The number of carboxylic acids is 1. The second kappa shape index (κ2) is 6.73. The first kappa shape index (κ1) is 15.4. The van der Waals surface area contributed by atoms with Crippen LogP contribution in [-0.2, 0) is 4.79 Å². The predicted molar refractivity (Wildman–Crippen MR) is 84.1 cm³/mol. The monoisotopic (exact) mass is 323 g/mol. The SMILES string of the molecule is O=C(O)CC1CSCCN1C(=O)c1ccnn1C1CCCC1. The highest BCUT2D eigenvalue weighted by Crippen LogP contribution is 2.30. The van der Waals surface area contributed by atoms with E-state index in [1.807, 2.05) is 4.68 Å². The van der Waals surface area contributed by atoms with E-state index in [1.54, 1.807) is 28.9 Å². The van der Waals surface area contributed by atoms with Crippen molar-refractivity contribution >= 4 is 23.6 Å². The van der Waals surface area contributed by atoms with Crippen LogP contribution in [0.15, 0.2) is 12.3 Å². The number of hydrogen-bond acceptors (Lipinski definition) is 4. The van der Waals surface area contributed by atoms with Crippen LogP contribution in [0.1, 0.15) is 48.6 Å². The zero-order chi connectivity index (χ0) is 15.5. The minimum atomic E-state index is -0.852. The lowest BCUT2D eigenvalue weighted by Crippen LogP contribution is -2.47. The van der Waals surface area contributed by atoms with Gasteiger partial charge in [0.2, 0.25) is 0 Å². The van der Waals surface area contributed by atoms with E-state index in [-0.39, 0.29) is 18.4 Å². The smallest absolute Gasteiger partial charge is 0.305 e. The molecule has 2 fully saturated rings. The molecule has 1 saturated heterocycles. The molecule has 2 heterocycles. The highest BCUT2D eigenvalue weighted by molar-refractivity contribution is 7.99. The van der Waals surface area contributed by atoms with Gasteiger partial charge in [-0.3, -0.25) is 14.3 Å². The van der Waals surface area contributed by atoms with Crippen LogP contribution in [0, 0.1) is 0 Å². The fourth-order valence-corrected chi connectivity index (χ4v) is 4.43. The van der Waals surface area contributed by atoms with Crippen molar-refractivity contribution in [2.24, 2.45) is 0 Å². The standard InChI is InChI=1S/C15H21N3O3S/c19-14(20)9-12-10-22-8-7-17(12)15(21)13-5-6-16-18(13)11-3-1-2-4-11/h5-6,11-12H,1-4,7-10H2,(H,19,20). The Morgan fingerprint density at radius 2 is 2.14 bits per heavy atom. The molecule has 1 amide bonds. The first-order valence-corrected chi connectivity index (χ1v) is 8.96. The van der Waals surface area contributed by atoms with Crippen LogP contribution in [-0.4, -0.2) is 55.8 Å². The number of hydrogen-bond donors (Lipinski definition) is 1. The topological polar surface area (TPSA) is 75.4 Å². The van der Waals surface area contributed by atoms with Crippen molar-refractivity contribution in [3.63, 3.8) is 0 Å². The van der Waals surface area contributed by atoms with E-state index < -0.39 is 5.97 Å². The number of carboxylic acid groups (broad SMARTS) is 1. The number of carbonyl (C=O) groups is 2. The van der Waals surface area contributed by atoms with Gasteiger partial charge in [-0.05, 0) is 18.9 Å². The first-order chi connectivity index (χ1) is 10.7. The van der Waals surface area contributed by atoms with Crippen LogP contribution in [0.4, 0.5) is 0 Å². The number of nitrogens with zero attached hydrogens (tertiary/aromatic N) is 3. The summed E-state index contributed by atoms with van der Waals surface area (Å²) in [6, 6.07) is 1.85. The average Bonchev–Trinajstić information content (AvgIpc) is 3.17. The molecule has 0 radical (unpaired) electrons. The van der Waals surface area contributed by atoms with Crippen LogP contribution in [0.25, 0.3) is 0 Å². The summed E-state index contributed by atoms with van der Waals surface area (Å²) in [7, 11) is 0. The van der Waals surface area contributed by atoms with Crippen molar-refractivity contribution < 1.29 is 14.7 Å². The molecule has 0 spiro atoms. The van der Waals surface area contributed by atoms with Gasteiger partial charge in [0.05, 0.1) is 18.5 Å². The van der Waals surface area contributed by atoms with Crippen LogP contribution >= 0.6 is 11.8 Å². The Hall–Kier alpha value is -1.50. The van der Waals surface area contributed by atoms with Gasteiger partial charge in [-0.25, -0.2) is 0 Å². The lowest BCUT2D eigenvalue weighted by Gasteiger charge is -2.34. The van der Waals surface area contributed by atoms with Crippen molar-refractivity contribution in [3.8, 4) is 0 Å². The van der Waals surface area contributed by atoms with Gasteiger partial charge in [-0.2, -0.15) is 16.9 Å². The van der Waals surface area contributed by atoms with E-state index in [4.69, 9.17) is 5.11 Å². The van der Waals surface area contributed by atoms with Gasteiger partial charge >= 0.3 is 5.97 Å². The van der Waals surface area contributed by atoms with E-state index in [0.717, 1.165) is 18.6 Å². The van der Waals surface area contributed by atoms with Crippen LogP contribution in [0.2, 0.25) is 0 Å². The summed E-state index contributed by atoms with van der Waals surface area (Å²) in [4.78, 5) is 25.7. The van der Waals surface area contributed by atoms with Gasteiger partial charge in [0.25, 0.3) is 5.91 Å². The lowest BCUT2D eigenvalue weighted by molar-refractivity contribution is -0.138. The quantitative estimate of drug-likeness (QED) is 0.917. The molecular weight excluding hydrogens is 302 g/mol. The molecule has 1 aliphatic carbocycles. The molecular formula is C15H21N3O3S. The minimum absolute atomic E-state index is 0.0102. The number of rotatable bonds is 4. The summed E-state index contributed by atoms with van der Waals surface area (Å²) < 4.78 is 1.86. The third kappa shape index (κ3) is 3.14. The van der Waals surface area contributed by atoms with Crippen LogP contribution in [0.5, 0.6) is 0 Å². The predicted octanol–water partition coefficient (Wildman–Crippen LogP) is 2.03. The van der Waals surface area contributed by atoms with Crippen molar-refractivity contribution in [3.05, 3.63) is 18.0 Å². The minimum Gasteiger partial charge on any atom is -0.481 e. The second-order valence-electron chi connectivity index (χ2n) is 5.92. The van der Waals surface area contributed by atoms with Crippen molar-refractivity contribution in [2.45, 2.75) is 44.2 Å². The van der Waals surface area contributed by atoms with Gasteiger partial charge in [-0.1, -0.05) is 12.8 Å². The number of amides is 1. The molecule has 1 N–H and O–H groups in total. The Kier molecular flexibility index (Phi) is 4.71. The molecule has 1 unspecified atom stereocenters. The molecule has 0 bridgehead atoms. The molecule has 1 aliphatic heterocycles. The molecule has 1 aromatic heterocycles. The summed E-state index contributed by atoms with van der Waals surface area (Å²) in [5, 5.41) is 13.4. The molecule has 1 saturated carbocycles. The van der Waals surface area contributed by atoms with Gasteiger partial charge in [0, 0.05) is 24.2 Å². The van der Waals surface area contributed by atoms with Crippen molar-refractivity contribution in [1.82, 2.24) is 14.7 Å². The maximum absolute atomic E-state index is 12.9. The highest BCUT2D eigenvalue weighted by atomic mass is 32.2. The zero-order valence-corrected chi connectivity index (χ0v) is 13.3. The second-order valence-corrected chi connectivity index (χ2v) is 7.07. The first-order valence-electron chi connectivity index (χ1n) is 7.81. The molecule has 1 atom stereocenters. The molecule has 2 aliphatic rings. The Morgan fingerprint density at radius 1 is 1.36 bits per heavy atom. The van der Waals surface area contributed by atoms with E-state index in [1.165, 1.54) is 12.8 Å². The maximum Gasteiger partial charge on any atom is 0.305 e. The average molecular weight is 323 g/mol. The lowest BCUT2D eigenvalue weighted by atomic mass is 10.1. The summed E-state index contributed by atoms with van der Waals surface area (Å²) in [6.45, 7) is 0.608. The van der Waals surface area contributed by atoms with E-state index in [9.17, 15) is 9.59 Å². The van der Waals surface area contributed by atoms with Crippen LogP contribution < -0.4 is 0 Å². The van der Waals surface area contributed by atoms with E-state index >= 15 is 0 Å². The normalized spacial score (nSPS) is 22.9. The third-order valence-corrected chi connectivity index (χ3v) is 5.55. The summed E-state index contributed by atoms with van der Waals surface area (Å²) in [5.74, 6) is 0.625. The number of aromatic nitrogens is 2. The highest BCUT2D eigenvalue weighted by Gasteiger charge is 2.32. The Balaban J connectivity index is 1.80. The number of aliphatic carboxylic acids is 1. The molecule has 22 heavy (non-hydrogen) atoms. The fraction of sp³-hybridized carbons (Fsp3) is 0.667. The zero-order valence-electron chi connectivity index (χ0n) is 12.5. The Labute approximate surface area is 133 Å². The molecule has 0 aromatic carbocycles. The Morgan fingerprint density at radius 3 is 2.86 bits per heavy atom. The van der Waals surface area contributed by atoms with E-state index in [0.29, 0.717) is 24.0 Å². The van der Waals surface area contributed by atoms with Gasteiger partial charge in [-0.15, -0.1) is 0 Å². The Bertz CT molecular complexity index is 554. The number of carbonyl (C=O) groups excluding carboxylic acids is 1. The molecule has 1 aromatic rings. The molecule has 6 nitrogen and oxygen atoms in total. The molecule has 3 rings (SSSR count). The van der Waals surface area contributed by atoms with E-state index in [2.05, 4.69) is 5.10 Å². The maximum atomic E-state index is 12.9. The fourth-order valence-electron chi connectivity index (χ4n) is 3.36. The third-order valence-electron chi connectivity index (χ3n) is 4.46. The number of thioether (sulfide) groups is 1. The van der Waals surface area contributed by atoms with Gasteiger partial charge < -0.3 is 10.0 Å². The van der Waals surface area contributed by atoms with Gasteiger partial charge in [0.15, 0.2) is 0 Å².